The van der Waals surface area contributed by atoms with Crippen molar-refractivity contribution < 1.29 is 0 Å². The summed E-state index contributed by atoms with van der Waals surface area (Å²) < 4.78 is 0. The highest BCUT2D eigenvalue weighted by atomic mass is 15.2. The summed E-state index contributed by atoms with van der Waals surface area (Å²) in [5, 5.41) is 3.34. The Balaban J connectivity index is 1.96. The molecule has 3 nitrogen and oxygen atoms in total. The molecule has 1 heterocycles. The molecule has 1 saturated heterocycles. The molecule has 11 heavy (non-hydrogen) atoms. The molecule has 3 heteroatoms. The zero-order chi connectivity index (χ0) is 7.94. The Morgan fingerprint density at radius 3 is 2.55 bits per heavy atom. The van der Waals surface area contributed by atoms with Gasteiger partial charge in [0, 0.05) is 26.2 Å². The van der Waals surface area contributed by atoms with Gasteiger partial charge in [-0.3, -0.25) is 0 Å². The van der Waals surface area contributed by atoms with Gasteiger partial charge in [-0.1, -0.05) is 0 Å². The predicted molar refractivity (Wildman–Crippen MR) is 47.6 cm³/mol. The van der Waals surface area contributed by atoms with Gasteiger partial charge in [-0.2, -0.15) is 0 Å². The second kappa shape index (κ2) is 5.52. The van der Waals surface area contributed by atoms with Crippen LogP contribution >= 0.6 is 0 Å². The molecule has 0 spiro atoms. The molecule has 0 amide bonds. The fraction of sp³-hybridized carbons (Fsp3) is 1.00. The zero-order valence-corrected chi connectivity index (χ0v) is 7.18. The maximum Gasteiger partial charge on any atom is 0.0107 e. The van der Waals surface area contributed by atoms with E-state index in [0.717, 1.165) is 19.6 Å². The lowest BCUT2D eigenvalue weighted by Crippen LogP contribution is -2.43. The van der Waals surface area contributed by atoms with Crippen molar-refractivity contribution in [2.75, 3.05) is 39.3 Å². The van der Waals surface area contributed by atoms with Crippen molar-refractivity contribution in [2.45, 2.75) is 12.8 Å². The molecule has 0 atom stereocenters. The Morgan fingerprint density at radius 2 is 1.91 bits per heavy atom. The van der Waals surface area contributed by atoms with Gasteiger partial charge >= 0.3 is 0 Å². The molecule has 1 rings (SSSR count). The molecule has 1 aliphatic heterocycles. The van der Waals surface area contributed by atoms with Gasteiger partial charge in [0.15, 0.2) is 0 Å². The van der Waals surface area contributed by atoms with Gasteiger partial charge in [0.1, 0.15) is 0 Å². The Kier molecular flexibility index (Phi) is 4.50. The second-order valence-electron chi connectivity index (χ2n) is 3.09. The Bertz CT molecular complexity index is 89.3. The topological polar surface area (TPSA) is 41.3 Å². The molecule has 0 aromatic carbocycles. The van der Waals surface area contributed by atoms with E-state index < -0.39 is 0 Å². The summed E-state index contributed by atoms with van der Waals surface area (Å²) in [7, 11) is 0. The number of hydrogen-bond donors (Lipinski definition) is 2. The van der Waals surface area contributed by atoms with Crippen molar-refractivity contribution in [3.63, 3.8) is 0 Å². The second-order valence-corrected chi connectivity index (χ2v) is 3.09. The average molecular weight is 157 g/mol. The molecule has 0 radical (unpaired) electrons. The molecule has 0 unspecified atom stereocenters. The maximum absolute atomic E-state index is 5.41. The van der Waals surface area contributed by atoms with Crippen LogP contribution in [-0.4, -0.2) is 44.2 Å². The lowest BCUT2D eigenvalue weighted by molar-refractivity contribution is 0.237. The van der Waals surface area contributed by atoms with Crippen LogP contribution in [0.5, 0.6) is 0 Å². The minimum atomic E-state index is 0.839. The smallest absolute Gasteiger partial charge is 0.0107 e. The van der Waals surface area contributed by atoms with E-state index in [1.165, 1.54) is 32.5 Å². The van der Waals surface area contributed by atoms with Crippen molar-refractivity contribution in [3.8, 4) is 0 Å². The summed E-state index contributed by atoms with van der Waals surface area (Å²) in [5.74, 6) is 0. The molecule has 0 bridgehead atoms. The molecule has 0 saturated carbocycles. The van der Waals surface area contributed by atoms with E-state index in [0.29, 0.717) is 0 Å². The highest BCUT2D eigenvalue weighted by molar-refractivity contribution is 4.66. The molecule has 66 valence electrons. The average Bonchev–Trinajstić information content (AvgIpc) is 2.07. The van der Waals surface area contributed by atoms with Gasteiger partial charge in [0.25, 0.3) is 0 Å². The van der Waals surface area contributed by atoms with Crippen LogP contribution in [0.2, 0.25) is 0 Å². The third-order valence-electron chi connectivity index (χ3n) is 2.14. The van der Waals surface area contributed by atoms with Gasteiger partial charge in [-0.25, -0.2) is 0 Å². The van der Waals surface area contributed by atoms with E-state index in [9.17, 15) is 0 Å². The Morgan fingerprint density at radius 1 is 1.18 bits per heavy atom. The van der Waals surface area contributed by atoms with Crippen molar-refractivity contribution in [1.29, 1.82) is 0 Å². The van der Waals surface area contributed by atoms with Gasteiger partial charge in [-0.05, 0) is 25.9 Å². The molecular formula is C8H19N3. The van der Waals surface area contributed by atoms with Crippen LogP contribution in [-0.2, 0) is 0 Å². The third kappa shape index (κ3) is 3.70. The molecule has 3 N–H and O–H groups in total. The molecule has 1 fully saturated rings. The van der Waals surface area contributed by atoms with E-state index >= 15 is 0 Å². The third-order valence-corrected chi connectivity index (χ3v) is 2.14. The van der Waals surface area contributed by atoms with Crippen molar-refractivity contribution in [2.24, 2.45) is 5.73 Å². The summed E-state index contributed by atoms with van der Waals surface area (Å²) in [6.07, 6.45) is 2.43. The summed E-state index contributed by atoms with van der Waals surface area (Å²) in [5.41, 5.74) is 5.41. The molecular weight excluding hydrogens is 138 g/mol. The number of rotatable bonds is 4. The number of unbranched alkanes of at least 4 members (excludes halogenated alkanes) is 1. The SMILES string of the molecule is NCCCCN1CCNCC1. The van der Waals surface area contributed by atoms with E-state index in [1.54, 1.807) is 0 Å². The number of nitrogens with one attached hydrogen (secondary N) is 1. The van der Waals surface area contributed by atoms with E-state index in [-0.39, 0.29) is 0 Å². The lowest BCUT2D eigenvalue weighted by atomic mass is 10.2. The van der Waals surface area contributed by atoms with Crippen LogP contribution in [0.25, 0.3) is 0 Å². The fourth-order valence-corrected chi connectivity index (χ4v) is 1.41. The highest BCUT2D eigenvalue weighted by Crippen LogP contribution is 1.95. The minimum absolute atomic E-state index is 0.839. The summed E-state index contributed by atoms with van der Waals surface area (Å²) in [4.78, 5) is 2.51. The van der Waals surface area contributed by atoms with E-state index in [2.05, 4.69) is 10.2 Å². The maximum atomic E-state index is 5.41. The van der Waals surface area contributed by atoms with Gasteiger partial charge in [0.05, 0.1) is 0 Å². The van der Waals surface area contributed by atoms with Gasteiger partial charge in [-0.15, -0.1) is 0 Å². The number of hydrogen-bond acceptors (Lipinski definition) is 3. The van der Waals surface area contributed by atoms with E-state index in [1.807, 2.05) is 0 Å². The van der Waals surface area contributed by atoms with Crippen molar-refractivity contribution >= 4 is 0 Å². The molecule has 0 aromatic heterocycles. The number of piperazine rings is 1. The van der Waals surface area contributed by atoms with E-state index in [4.69, 9.17) is 5.73 Å². The van der Waals surface area contributed by atoms with Crippen LogP contribution in [0.4, 0.5) is 0 Å². The zero-order valence-electron chi connectivity index (χ0n) is 7.18. The van der Waals surface area contributed by atoms with Gasteiger partial charge in [0.2, 0.25) is 0 Å². The summed E-state index contributed by atoms with van der Waals surface area (Å²) in [6, 6.07) is 0. The summed E-state index contributed by atoms with van der Waals surface area (Å²) in [6.45, 7) is 6.81. The monoisotopic (exact) mass is 157 g/mol. The van der Waals surface area contributed by atoms with Crippen molar-refractivity contribution in [1.82, 2.24) is 10.2 Å². The first kappa shape index (κ1) is 8.97. The predicted octanol–water partition coefficient (Wildman–Crippen LogP) is -0.369. The molecule has 1 aliphatic rings. The number of nitrogens with two attached hydrogens (primary N) is 1. The summed E-state index contributed by atoms with van der Waals surface area (Å²) >= 11 is 0. The standard InChI is InChI=1S/C8H19N3/c9-3-1-2-6-11-7-4-10-5-8-11/h10H,1-9H2. The normalized spacial score (nSPS) is 20.5. The fourth-order valence-electron chi connectivity index (χ4n) is 1.41. The quantitative estimate of drug-likeness (QED) is 0.547. The van der Waals surface area contributed by atoms with Crippen LogP contribution in [0, 0.1) is 0 Å². The Hall–Kier alpha value is -0.120. The Labute approximate surface area is 68.9 Å². The van der Waals surface area contributed by atoms with Crippen LogP contribution in [0.1, 0.15) is 12.8 Å². The van der Waals surface area contributed by atoms with Crippen LogP contribution in [0.3, 0.4) is 0 Å². The highest BCUT2D eigenvalue weighted by Gasteiger charge is 2.07. The molecule has 0 aromatic rings. The largest absolute Gasteiger partial charge is 0.330 e. The van der Waals surface area contributed by atoms with Crippen molar-refractivity contribution in [3.05, 3.63) is 0 Å². The van der Waals surface area contributed by atoms with Gasteiger partial charge < -0.3 is 16.0 Å². The first-order valence-electron chi connectivity index (χ1n) is 4.56. The molecule has 0 aliphatic carbocycles. The number of nitrogens with zero attached hydrogens (tertiary/aromatic N) is 1. The lowest BCUT2D eigenvalue weighted by Gasteiger charge is -2.26. The van der Waals surface area contributed by atoms with Crippen LogP contribution in [0.15, 0.2) is 0 Å². The minimum Gasteiger partial charge on any atom is -0.330 e. The first-order valence-corrected chi connectivity index (χ1v) is 4.56. The first-order chi connectivity index (χ1) is 5.43. The van der Waals surface area contributed by atoms with Crippen LogP contribution < -0.4 is 11.1 Å².